The fraction of sp³-hybridized carbons (Fsp3) is 0.714. The molecule has 1 saturated heterocycles. The van der Waals surface area contributed by atoms with E-state index in [-0.39, 0.29) is 24.0 Å². The van der Waals surface area contributed by atoms with Gasteiger partial charge in [-0.1, -0.05) is 0 Å². The quantitative estimate of drug-likeness (QED) is 0.446. The lowest BCUT2D eigenvalue weighted by Gasteiger charge is -2.39. The van der Waals surface area contributed by atoms with Gasteiger partial charge in [-0.3, -0.25) is 5.10 Å². The van der Waals surface area contributed by atoms with Gasteiger partial charge in [-0.05, 0) is 27.7 Å². The third-order valence-corrected chi connectivity index (χ3v) is 4.69. The van der Waals surface area contributed by atoms with Crippen LogP contribution in [0.2, 0.25) is 0 Å². The van der Waals surface area contributed by atoms with Crippen LogP contribution in [0.3, 0.4) is 0 Å². The molecule has 7 heteroatoms. The SMILES string of the molecule is CCNC(=NCc1cn[nH]c1C)N1CCSC(C)(C)C1.I. The van der Waals surface area contributed by atoms with Gasteiger partial charge < -0.3 is 10.2 Å². The van der Waals surface area contributed by atoms with Gasteiger partial charge >= 0.3 is 0 Å². The first-order valence-corrected chi connectivity index (χ1v) is 8.16. The summed E-state index contributed by atoms with van der Waals surface area (Å²) >= 11 is 2.04. The van der Waals surface area contributed by atoms with E-state index in [4.69, 9.17) is 4.99 Å². The molecule has 1 aliphatic rings. The number of aryl methyl sites for hydroxylation is 1. The lowest BCUT2D eigenvalue weighted by Crippen LogP contribution is -2.50. The van der Waals surface area contributed by atoms with Crippen LogP contribution < -0.4 is 5.32 Å². The fourth-order valence-corrected chi connectivity index (χ4v) is 3.43. The number of rotatable bonds is 3. The maximum atomic E-state index is 4.77. The van der Waals surface area contributed by atoms with Crippen molar-refractivity contribution in [3.05, 3.63) is 17.5 Å². The summed E-state index contributed by atoms with van der Waals surface area (Å²) in [5.74, 6) is 2.17. The van der Waals surface area contributed by atoms with Crippen LogP contribution in [-0.2, 0) is 6.54 Å². The molecule has 21 heavy (non-hydrogen) atoms. The molecule has 0 saturated carbocycles. The molecule has 0 bridgehead atoms. The van der Waals surface area contributed by atoms with Crippen molar-refractivity contribution >= 4 is 41.7 Å². The number of nitrogens with one attached hydrogen (secondary N) is 2. The Balaban J connectivity index is 0.00000220. The summed E-state index contributed by atoms with van der Waals surface area (Å²) in [6.07, 6.45) is 1.86. The number of thioether (sulfide) groups is 1. The van der Waals surface area contributed by atoms with Crippen LogP contribution in [-0.4, -0.2) is 51.2 Å². The van der Waals surface area contributed by atoms with Crippen molar-refractivity contribution in [2.45, 2.75) is 39.0 Å². The molecular weight excluding hydrogens is 397 g/mol. The third kappa shape index (κ3) is 5.36. The Hall–Kier alpha value is -0.440. The van der Waals surface area contributed by atoms with Crippen LogP contribution in [0.4, 0.5) is 0 Å². The summed E-state index contributed by atoms with van der Waals surface area (Å²) in [6.45, 7) is 12.4. The van der Waals surface area contributed by atoms with Crippen LogP contribution in [0.25, 0.3) is 0 Å². The average Bonchev–Trinajstić information content (AvgIpc) is 2.79. The first-order valence-electron chi connectivity index (χ1n) is 7.18. The molecular formula is C14H26IN5S. The van der Waals surface area contributed by atoms with E-state index in [2.05, 4.69) is 41.2 Å². The van der Waals surface area contributed by atoms with Crippen molar-refractivity contribution in [1.29, 1.82) is 0 Å². The second-order valence-electron chi connectivity index (χ2n) is 5.72. The Labute approximate surface area is 148 Å². The van der Waals surface area contributed by atoms with Crippen LogP contribution in [0.1, 0.15) is 32.0 Å². The monoisotopic (exact) mass is 423 g/mol. The van der Waals surface area contributed by atoms with Gasteiger partial charge in [0.2, 0.25) is 0 Å². The molecule has 1 aromatic heterocycles. The minimum Gasteiger partial charge on any atom is -0.357 e. The largest absolute Gasteiger partial charge is 0.357 e. The highest BCUT2D eigenvalue weighted by Gasteiger charge is 2.28. The lowest BCUT2D eigenvalue weighted by molar-refractivity contribution is 0.376. The van der Waals surface area contributed by atoms with E-state index in [1.807, 2.05) is 24.9 Å². The molecule has 0 aliphatic carbocycles. The number of aromatic amines is 1. The molecule has 0 atom stereocenters. The number of nitrogens with zero attached hydrogens (tertiary/aromatic N) is 3. The third-order valence-electron chi connectivity index (χ3n) is 3.39. The van der Waals surface area contributed by atoms with Gasteiger partial charge in [-0.2, -0.15) is 16.9 Å². The summed E-state index contributed by atoms with van der Waals surface area (Å²) < 4.78 is 0.292. The minimum absolute atomic E-state index is 0. The molecule has 2 rings (SSSR count). The topological polar surface area (TPSA) is 56.3 Å². The molecule has 1 aromatic rings. The molecule has 1 fully saturated rings. The second kappa shape index (κ2) is 8.26. The van der Waals surface area contributed by atoms with Crippen molar-refractivity contribution in [3.8, 4) is 0 Å². The molecule has 0 amide bonds. The van der Waals surface area contributed by atoms with Crippen molar-refractivity contribution < 1.29 is 0 Å². The number of H-pyrrole nitrogens is 1. The summed E-state index contributed by atoms with van der Waals surface area (Å²) in [7, 11) is 0. The number of guanidine groups is 1. The Morgan fingerprint density at radius 2 is 2.33 bits per heavy atom. The van der Waals surface area contributed by atoms with Gasteiger partial charge in [-0.15, -0.1) is 24.0 Å². The average molecular weight is 423 g/mol. The number of aliphatic imine (C=N–C) groups is 1. The minimum atomic E-state index is 0. The molecule has 0 radical (unpaired) electrons. The second-order valence-corrected chi connectivity index (χ2v) is 7.52. The molecule has 0 spiro atoms. The Kier molecular flexibility index (Phi) is 7.32. The Morgan fingerprint density at radius 1 is 1.57 bits per heavy atom. The number of halogens is 1. The predicted octanol–water partition coefficient (Wildman–Crippen LogP) is 2.63. The van der Waals surface area contributed by atoms with E-state index >= 15 is 0 Å². The van der Waals surface area contributed by atoms with E-state index < -0.39 is 0 Å². The number of hydrogen-bond donors (Lipinski definition) is 2. The molecule has 0 aromatic carbocycles. The Morgan fingerprint density at radius 3 is 2.90 bits per heavy atom. The van der Waals surface area contributed by atoms with E-state index in [9.17, 15) is 0 Å². The fourth-order valence-electron chi connectivity index (χ4n) is 2.32. The first-order chi connectivity index (χ1) is 9.52. The first kappa shape index (κ1) is 18.6. The normalized spacial score (nSPS) is 18.3. The van der Waals surface area contributed by atoms with Gasteiger partial charge in [0.1, 0.15) is 0 Å². The number of hydrogen-bond acceptors (Lipinski definition) is 3. The summed E-state index contributed by atoms with van der Waals surface area (Å²) in [4.78, 5) is 7.14. The predicted molar refractivity (Wildman–Crippen MR) is 102 cm³/mol. The highest BCUT2D eigenvalue weighted by atomic mass is 127. The van der Waals surface area contributed by atoms with Crippen LogP contribution >= 0.6 is 35.7 Å². The highest BCUT2D eigenvalue weighted by Crippen LogP contribution is 2.29. The molecule has 5 nitrogen and oxygen atoms in total. The van der Waals surface area contributed by atoms with Crippen LogP contribution in [0.15, 0.2) is 11.2 Å². The van der Waals surface area contributed by atoms with E-state index in [0.717, 1.165) is 42.6 Å². The van der Waals surface area contributed by atoms with Crippen molar-refractivity contribution in [1.82, 2.24) is 20.4 Å². The van der Waals surface area contributed by atoms with Crippen molar-refractivity contribution in [2.75, 3.05) is 25.4 Å². The van der Waals surface area contributed by atoms with Gasteiger partial charge in [0.15, 0.2) is 5.96 Å². The van der Waals surface area contributed by atoms with E-state index in [1.165, 1.54) is 0 Å². The van der Waals surface area contributed by atoms with Gasteiger partial charge in [0.25, 0.3) is 0 Å². The smallest absolute Gasteiger partial charge is 0.194 e. The zero-order chi connectivity index (χ0) is 14.6. The molecule has 1 aliphatic heterocycles. The Bertz CT molecular complexity index is 472. The highest BCUT2D eigenvalue weighted by molar-refractivity contribution is 14.0. The molecule has 0 unspecified atom stereocenters. The van der Waals surface area contributed by atoms with Crippen molar-refractivity contribution in [3.63, 3.8) is 0 Å². The summed E-state index contributed by atoms with van der Waals surface area (Å²) in [6, 6.07) is 0. The van der Waals surface area contributed by atoms with Crippen molar-refractivity contribution in [2.24, 2.45) is 4.99 Å². The van der Waals surface area contributed by atoms with Gasteiger partial charge in [-0.25, -0.2) is 4.99 Å². The number of aromatic nitrogens is 2. The van der Waals surface area contributed by atoms with E-state index in [1.54, 1.807) is 0 Å². The summed E-state index contributed by atoms with van der Waals surface area (Å²) in [5.41, 5.74) is 2.25. The maximum Gasteiger partial charge on any atom is 0.194 e. The van der Waals surface area contributed by atoms with Gasteiger partial charge in [0, 0.05) is 41.4 Å². The zero-order valence-corrected chi connectivity index (χ0v) is 16.4. The molecule has 120 valence electrons. The van der Waals surface area contributed by atoms with Crippen LogP contribution in [0, 0.1) is 6.92 Å². The summed E-state index contributed by atoms with van der Waals surface area (Å²) in [5, 5.41) is 10.4. The van der Waals surface area contributed by atoms with Gasteiger partial charge in [0.05, 0.1) is 12.7 Å². The molecule has 2 heterocycles. The lowest BCUT2D eigenvalue weighted by atomic mass is 10.2. The van der Waals surface area contributed by atoms with E-state index in [0.29, 0.717) is 11.3 Å². The standard InChI is InChI=1S/C14H25N5S.HI/c1-5-15-13(16-8-12-9-17-18-11(12)2)19-6-7-20-14(3,4)10-19;/h9H,5-8,10H2,1-4H3,(H,15,16)(H,17,18);1H. The maximum absolute atomic E-state index is 4.77. The zero-order valence-electron chi connectivity index (χ0n) is 13.3. The van der Waals surface area contributed by atoms with Crippen LogP contribution in [0.5, 0.6) is 0 Å². The molecule has 2 N–H and O–H groups in total.